The molecule has 8 heteroatoms. The predicted octanol–water partition coefficient (Wildman–Crippen LogP) is 1.71. The standard InChI is InChI=1S/C12H19N5O2S/c1-11(2,3)8-7(20-17-15-8)9-14-10(16-19-9)12(4,13)6-18-5/h6,13H2,1-5H3. The summed E-state index contributed by atoms with van der Waals surface area (Å²) in [4.78, 5) is 5.15. The highest BCUT2D eigenvalue weighted by Crippen LogP contribution is 2.33. The number of rotatable bonds is 4. The Kier molecular flexibility index (Phi) is 3.90. The van der Waals surface area contributed by atoms with Crippen molar-refractivity contribution in [2.45, 2.75) is 38.6 Å². The van der Waals surface area contributed by atoms with E-state index in [1.165, 1.54) is 11.5 Å². The summed E-state index contributed by atoms with van der Waals surface area (Å²) in [6.45, 7) is 8.27. The van der Waals surface area contributed by atoms with Gasteiger partial charge in [0.15, 0.2) is 5.82 Å². The van der Waals surface area contributed by atoms with Gasteiger partial charge >= 0.3 is 0 Å². The summed E-state index contributed by atoms with van der Waals surface area (Å²) in [5.74, 6) is 0.801. The Labute approximate surface area is 121 Å². The van der Waals surface area contributed by atoms with E-state index in [0.717, 1.165) is 10.6 Å². The molecule has 0 spiro atoms. The lowest BCUT2D eigenvalue weighted by molar-refractivity contribution is 0.135. The number of nitrogens with zero attached hydrogens (tertiary/aromatic N) is 4. The van der Waals surface area contributed by atoms with Crippen LogP contribution in [0.25, 0.3) is 10.8 Å². The van der Waals surface area contributed by atoms with Gasteiger partial charge in [0.05, 0.1) is 12.3 Å². The number of nitrogens with two attached hydrogens (primary N) is 1. The zero-order chi connectivity index (χ0) is 15.0. The van der Waals surface area contributed by atoms with Crippen LogP contribution in [-0.4, -0.2) is 33.4 Å². The monoisotopic (exact) mass is 297 g/mol. The fourth-order valence-corrected chi connectivity index (χ4v) is 2.53. The summed E-state index contributed by atoms with van der Waals surface area (Å²) in [7, 11) is 1.58. The van der Waals surface area contributed by atoms with Crippen LogP contribution in [0.4, 0.5) is 0 Å². The quantitative estimate of drug-likeness (QED) is 0.916. The zero-order valence-corrected chi connectivity index (χ0v) is 13.1. The van der Waals surface area contributed by atoms with Crippen molar-refractivity contribution in [3.8, 4) is 10.8 Å². The number of methoxy groups -OCH3 is 1. The molecule has 0 radical (unpaired) electrons. The Balaban J connectivity index is 2.37. The number of hydrogen-bond donors (Lipinski definition) is 1. The van der Waals surface area contributed by atoms with Gasteiger partial charge in [0, 0.05) is 12.5 Å². The molecule has 0 aliphatic rings. The van der Waals surface area contributed by atoms with Crippen LogP contribution in [0.2, 0.25) is 0 Å². The average molecular weight is 297 g/mol. The molecule has 110 valence electrons. The minimum atomic E-state index is -0.795. The molecule has 0 fully saturated rings. The summed E-state index contributed by atoms with van der Waals surface area (Å²) in [6, 6.07) is 0. The van der Waals surface area contributed by atoms with E-state index in [2.05, 4.69) is 40.5 Å². The van der Waals surface area contributed by atoms with Crippen molar-refractivity contribution in [2.24, 2.45) is 5.73 Å². The second kappa shape index (κ2) is 5.19. The van der Waals surface area contributed by atoms with Crippen molar-refractivity contribution in [1.82, 2.24) is 19.7 Å². The van der Waals surface area contributed by atoms with Gasteiger partial charge in [-0.15, -0.1) is 5.10 Å². The lowest BCUT2D eigenvalue weighted by atomic mass is 9.91. The molecule has 1 unspecified atom stereocenters. The first-order chi connectivity index (χ1) is 9.25. The molecular weight excluding hydrogens is 278 g/mol. The van der Waals surface area contributed by atoms with Crippen molar-refractivity contribution in [3.63, 3.8) is 0 Å². The molecule has 20 heavy (non-hydrogen) atoms. The van der Waals surface area contributed by atoms with Gasteiger partial charge in [0.2, 0.25) is 0 Å². The fraction of sp³-hybridized carbons (Fsp3) is 0.667. The van der Waals surface area contributed by atoms with Crippen molar-refractivity contribution in [1.29, 1.82) is 0 Å². The van der Waals surface area contributed by atoms with Gasteiger partial charge in [0.1, 0.15) is 10.4 Å². The Morgan fingerprint density at radius 2 is 2.00 bits per heavy atom. The van der Waals surface area contributed by atoms with Gasteiger partial charge in [-0.05, 0) is 18.5 Å². The third kappa shape index (κ3) is 2.87. The average Bonchev–Trinajstić information content (AvgIpc) is 2.97. The molecule has 2 rings (SSSR count). The maximum Gasteiger partial charge on any atom is 0.271 e. The lowest BCUT2D eigenvalue weighted by Gasteiger charge is -2.18. The Morgan fingerprint density at radius 1 is 1.30 bits per heavy atom. The van der Waals surface area contributed by atoms with E-state index in [9.17, 15) is 0 Å². The first-order valence-electron chi connectivity index (χ1n) is 6.21. The van der Waals surface area contributed by atoms with Gasteiger partial charge in [-0.2, -0.15) is 4.98 Å². The van der Waals surface area contributed by atoms with Crippen LogP contribution in [0.3, 0.4) is 0 Å². The molecule has 2 aromatic heterocycles. The molecule has 0 aliphatic heterocycles. The third-order valence-corrected chi connectivity index (χ3v) is 3.49. The van der Waals surface area contributed by atoms with Crippen LogP contribution < -0.4 is 5.73 Å². The van der Waals surface area contributed by atoms with Crippen LogP contribution in [0.1, 0.15) is 39.2 Å². The Hall–Kier alpha value is -1.38. The van der Waals surface area contributed by atoms with E-state index in [0.29, 0.717) is 18.3 Å². The van der Waals surface area contributed by atoms with Crippen molar-refractivity contribution in [3.05, 3.63) is 11.5 Å². The van der Waals surface area contributed by atoms with Crippen LogP contribution in [0.5, 0.6) is 0 Å². The molecule has 2 heterocycles. The fourth-order valence-electron chi connectivity index (χ4n) is 1.73. The van der Waals surface area contributed by atoms with E-state index >= 15 is 0 Å². The summed E-state index contributed by atoms with van der Waals surface area (Å²) in [6.07, 6.45) is 0. The van der Waals surface area contributed by atoms with Gasteiger partial charge in [-0.3, -0.25) is 0 Å². The van der Waals surface area contributed by atoms with Gasteiger partial charge in [0.25, 0.3) is 5.89 Å². The molecular formula is C12H19N5O2S. The van der Waals surface area contributed by atoms with E-state index in [1.807, 2.05) is 0 Å². The second-order valence-corrected chi connectivity index (χ2v) is 6.73. The molecule has 1 atom stereocenters. The minimum absolute atomic E-state index is 0.143. The SMILES string of the molecule is COCC(C)(N)c1noc(-c2snnc2C(C)(C)C)n1. The van der Waals surface area contributed by atoms with E-state index in [4.69, 9.17) is 15.0 Å². The summed E-state index contributed by atoms with van der Waals surface area (Å²) < 4.78 is 14.4. The van der Waals surface area contributed by atoms with Crippen LogP contribution in [0.15, 0.2) is 4.52 Å². The number of aromatic nitrogens is 4. The zero-order valence-electron chi connectivity index (χ0n) is 12.3. The summed E-state index contributed by atoms with van der Waals surface area (Å²) in [5, 5.41) is 8.10. The van der Waals surface area contributed by atoms with Crippen molar-refractivity contribution >= 4 is 11.5 Å². The third-order valence-electron chi connectivity index (χ3n) is 2.77. The highest BCUT2D eigenvalue weighted by Gasteiger charge is 2.31. The summed E-state index contributed by atoms with van der Waals surface area (Å²) in [5.41, 5.74) is 6.00. The largest absolute Gasteiger partial charge is 0.382 e. The smallest absolute Gasteiger partial charge is 0.271 e. The number of ether oxygens (including phenoxy) is 1. The Bertz CT molecular complexity index is 585. The lowest BCUT2D eigenvalue weighted by Crippen LogP contribution is -2.38. The molecule has 0 bridgehead atoms. The molecule has 0 aromatic carbocycles. The predicted molar refractivity (Wildman–Crippen MR) is 75.3 cm³/mol. The van der Waals surface area contributed by atoms with E-state index in [-0.39, 0.29) is 5.41 Å². The normalized spacial score (nSPS) is 15.3. The second-order valence-electron chi connectivity index (χ2n) is 5.97. The van der Waals surface area contributed by atoms with Crippen LogP contribution in [-0.2, 0) is 15.7 Å². The molecule has 0 saturated heterocycles. The molecule has 0 aliphatic carbocycles. The molecule has 0 amide bonds. The van der Waals surface area contributed by atoms with E-state index in [1.54, 1.807) is 14.0 Å². The Morgan fingerprint density at radius 3 is 2.60 bits per heavy atom. The van der Waals surface area contributed by atoms with Gasteiger partial charge in [-0.1, -0.05) is 30.4 Å². The molecule has 2 N–H and O–H groups in total. The van der Waals surface area contributed by atoms with E-state index < -0.39 is 5.54 Å². The first-order valence-corrected chi connectivity index (χ1v) is 6.98. The molecule has 2 aromatic rings. The van der Waals surface area contributed by atoms with Crippen LogP contribution >= 0.6 is 11.5 Å². The van der Waals surface area contributed by atoms with Gasteiger partial charge < -0.3 is 15.0 Å². The maximum absolute atomic E-state index is 6.10. The highest BCUT2D eigenvalue weighted by molar-refractivity contribution is 7.09. The maximum atomic E-state index is 6.10. The van der Waals surface area contributed by atoms with Crippen molar-refractivity contribution in [2.75, 3.05) is 13.7 Å². The molecule has 7 nitrogen and oxygen atoms in total. The highest BCUT2D eigenvalue weighted by atomic mass is 32.1. The molecule has 0 saturated carbocycles. The van der Waals surface area contributed by atoms with Crippen LogP contribution in [0, 0.1) is 0 Å². The summed E-state index contributed by atoms with van der Waals surface area (Å²) >= 11 is 1.24. The first kappa shape index (κ1) is 15.0. The topological polar surface area (TPSA) is 100.0 Å². The number of hydrogen-bond acceptors (Lipinski definition) is 8. The van der Waals surface area contributed by atoms with Gasteiger partial charge in [-0.25, -0.2) is 0 Å². The van der Waals surface area contributed by atoms with Crippen molar-refractivity contribution < 1.29 is 9.26 Å². The minimum Gasteiger partial charge on any atom is -0.382 e.